The van der Waals surface area contributed by atoms with Gasteiger partial charge in [0.2, 0.25) is 0 Å². The molecule has 1 rings (SSSR count). The first-order valence-electron chi connectivity index (χ1n) is 3.59. The van der Waals surface area contributed by atoms with Gasteiger partial charge >= 0.3 is 5.97 Å². The molecule has 1 aromatic rings. The quantitative estimate of drug-likeness (QED) is 0.668. The summed E-state index contributed by atoms with van der Waals surface area (Å²) in [6.07, 6.45) is 2.17. The van der Waals surface area contributed by atoms with Crippen LogP contribution < -0.4 is 5.73 Å². The van der Waals surface area contributed by atoms with E-state index in [-0.39, 0.29) is 6.42 Å². The Bertz CT molecular complexity index is 293. The second-order valence-corrected chi connectivity index (χ2v) is 2.56. The highest BCUT2D eigenvalue weighted by Gasteiger charge is 2.04. The average Bonchev–Trinajstić information content (AvgIpc) is 2.30. The van der Waals surface area contributed by atoms with Crippen molar-refractivity contribution in [2.24, 2.45) is 7.05 Å². The molecule has 66 valence electrons. The molecule has 5 nitrogen and oxygen atoms in total. The molecule has 0 aromatic carbocycles. The number of hydrogen-bond donors (Lipinski definition) is 2. The van der Waals surface area contributed by atoms with Crippen LogP contribution in [0, 0.1) is 0 Å². The van der Waals surface area contributed by atoms with E-state index < -0.39 is 5.97 Å². The Hall–Kier alpha value is -1.52. The van der Waals surface area contributed by atoms with Crippen LogP contribution in [0.4, 0.5) is 5.95 Å². The molecule has 5 heteroatoms. The number of carboxylic acids is 1. The molecule has 0 saturated heterocycles. The van der Waals surface area contributed by atoms with Crippen molar-refractivity contribution < 1.29 is 9.90 Å². The summed E-state index contributed by atoms with van der Waals surface area (Å²) in [5, 5.41) is 8.41. The van der Waals surface area contributed by atoms with Crippen LogP contribution in [0.2, 0.25) is 0 Å². The topological polar surface area (TPSA) is 81.1 Å². The van der Waals surface area contributed by atoms with E-state index in [9.17, 15) is 4.79 Å². The summed E-state index contributed by atoms with van der Waals surface area (Å²) in [5.74, 6) is -0.398. The highest BCUT2D eigenvalue weighted by molar-refractivity contribution is 5.66. The molecule has 1 heterocycles. The largest absolute Gasteiger partial charge is 0.481 e. The van der Waals surface area contributed by atoms with Gasteiger partial charge in [-0.25, -0.2) is 4.98 Å². The van der Waals surface area contributed by atoms with Gasteiger partial charge in [-0.2, -0.15) is 0 Å². The number of aryl methyl sites for hydroxylation is 1. The van der Waals surface area contributed by atoms with Gasteiger partial charge in [0.1, 0.15) is 0 Å². The van der Waals surface area contributed by atoms with Crippen molar-refractivity contribution in [1.82, 2.24) is 9.55 Å². The molecule has 12 heavy (non-hydrogen) atoms. The summed E-state index contributed by atoms with van der Waals surface area (Å²) < 4.78 is 1.68. The van der Waals surface area contributed by atoms with E-state index in [4.69, 9.17) is 10.8 Å². The predicted octanol–water partition coefficient (Wildman–Crippen LogP) is 0.0195. The third kappa shape index (κ3) is 1.75. The van der Waals surface area contributed by atoms with Crippen LogP contribution in [0.5, 0.6) is 0 Å². The van der Waals surface area contributed by atoms with Gasteiger partial charge in [-0.1, -0.05) is 0 Å². The van der Waals surface area contributed by atoms with Crippen molar-refractivity contribution in [1.29, 1.82) is 0 Å². The fourth-order valence-electron chi connectivity index (χ4n) is 0.928. The van der Waals surface area contributed by atoms with E-state index in [1.807, 2.05) is 0 Å². The maximum absolute atomic E-state index is 10.2. The van der Waals surface area contributed by atoms with Gasteiger partial charge in [0.15, 0.2) is 5.95 Å². The minimum atomic E-state index is -0.810. The number of hydrogen-bond acceptors (Lipinski definition) is 3. The van der Waals surface area contributed by atoms with Crippen molar-refractivity contribution in [3.8, 4) is 0 Å². The Kier molecular flexibility index (Phi) is 2.32. The Balaban J connectivity index is 2.63. The van der Waals surface area contributed by atoms with E-state index in [1.54, 1.807) is 17.8 Å². The van der Waals surface area contributed by atoms with E-state index in [1.165, 1.54) is 0 Å². The molecule has 0 fully saturated rings. The number of nitrogen functional groups attached to an aromatic ring is 1. The number of imidazole rings is 1. The molecule has 0 aliphatic heterocycles. The smallest absolute Gasteiger partial charge is 0.303 e. The number of nitrogens with two attached hydrogens (primary N) is 1. The first kappa shape index (κ1) is 8.58. The van der Waals surface area contributed by atoms with Crippen LogP contribution in [0.3, 0.4) is 0 Å². The van der Waals surface area contributed by atoms with Crippen LogP contribution in [0.25, 0.3) is 0 Å². The highest BCUT2D eigenvalue weighted by atomic mass is 16.4. The number of rotatable bonds is 3. The molecule has 3 N–H and O–H groups in total. The standard InChI is InChI=1S/C7H11N3O2/c1-10-5(2-3-6(11)12)4-9-7(10)8/h4H,2-3H2,1H3,(H2,8,9)(H,11,12). The van der Waals surface area contributed by atoms with E-state index >= 15 is 0 Å². The number of carboxylic acid groups (broad SMARTS) is 1. The number of aliphatic carboxylic acids is 1. The summed E-state index contributed by atoms with van der Waals surface area (Å²) in [5.41, 5.74) is 6.29. The van der Waals surface area contributed by atoms with Crippen LogP contribution in [-0.4, -0.2) is 20.6 Å². The third-order valence-corrected chi connectivity index (χ3v) is 1.72. The normalized spacial score (nSPS) is 10.1. The molecule has 0 amide bonds. The first-order valence-corrected chi connectivity index (χ1v) is 3.59. The second kappa shape index (κ2) is 3.25. The second-order valence-electron chi connectivity index (χ2n) is 2.56. The van der Waals surface area contributed by atoms with Gasteiger partial charge in [0.05, 0.1) is 12.6 Å². The predicted molar refractivity (Wildman–Crippen MR) is 43.6 cm³/mol. The van der Waals surface area contributed by atoms with E-state index in [0.29, 0.717) is 12.4 Å². The molecule has 0 saturated carbocycles. The summed E-state index contributed by atoms with van der Waals surface area (Å²) in [4.78, 5) is 14.1. The van der Waals surface area contributed by atoms with Crippen molar-refractivity contribution >= 4 is 11.9 Å². The average molecular weight is 169 g/mol. The Morgan fingerprint density at radius 2 is 2.50 bits per heavy atom. The van der Waals surface area contributed by atoms with Crippen molar-refractivity contribution in [3.63, 3.8) is 0 Å². The third-order valence-electron chi connectivity index (χ3n) is 1.72. The van der Waals surface area contributed by atoms with E-state index in [0.717, 1.165) is 5.69 Å². The molecule has 0 aliphatic rings. The molecular weight excluding hydrogens is 158 g/mol. The van der Waals surface area contributed by atoms with Gasteiger partial charge in [-0.3, -0.25) is 4.79 Å². The van der Waals surface area contributed by atoms with Crippen molar-refractivity contribution in [2.45, 2.75) is 12.8 Å². The fourth-order valence-corrected chi connectivity index (χ4v) is 0.928. The maximum atomic E-state index is 10.2. The molecule has 0 aliphatic carbocycles. The monoisotopic (exact) mass is 169 g/mol. The molecule has 0 atom stereocenters. The van der Waals surface area contributed by atoms with Gasteiger partial charge in [-0.05, 0) is 6.42 Å². The zero-order valence-corrected chi connectivity index (χ0v) is 6.82. The van der Waals surface area contributed by atoms with Gasteiger partial charge in [0.25, 0.3) is 0 Å². The Morgan fingerprint density at radius 1 is 1.83 bits per heavy atom. The summed E-state index contributed by atoms with van der Waals surface area (Å²) >= 11 is 0. The number of aromatic nitrogens is 2. The lowest BCUT2D eigenvalue weighted by atomic mass is 10.2. The summed E-state index contributed by atoms with van der Waals surface area (Å²) in [6, 6.07) is 0. The van der Waals surface area contributed by atoms with Crippen LogP contribution >= 0.6 is 0 Å². The molecule has 0 radical (unpaired) electrons. The summed E-state index contributed by atoms with van der Waals surface area (Å²) in [6.45, 7) is 0. The number of nitrogens with zero attached hydrogens (tertiary/aromatic N) is 2. The van der Waals surface area contributed by atoms with Crippen LogP contribution in [0.1, 0.15) is 12.1 Å². The zero-order chi connectivity index (χ0) is 9.14. The molecule has 0 unspecified atom stereocenters. The molecular formula is C7H11N3O2. The minimum absolute atomic E-state index is 0.110. The minimum Gasteiger partial charge on any atom is -0.481 e. The first-order chi connectivity index (χ1) is 5.61. The maximum Gasteiger partial charge on any atom is 0.303 e. The van der Waals surface area contributed by atoms with Crippen LogP contribution in [0.15, 0.2) is 6.20 Å². The van der Waals surface area contributed by atoms with Gasteiger partial charge in [0, 0.05) is 12.7 Å². The Labute approximate surface area is 69.8 Å². The molecule has 1 aromatic heterocycles. The van der Waals surface area contributed by atoms with Gasteiger partial charge in [-0.15, -0.1) is 0 Å². The fraction of sp³-hybridized carbons (Fsp3) is 0.429. The molecule has 0 spiro atoms. The van der Waals surface area contributed by atoms with Crippen molar-refractivity contribution in [3.05, 3.63) is 11.9 Å². The lowest BCUT2D eigenvalue weighted by Gasteiger charge is -2.00. The van der Waals surface area contributed by atoms with Gasteiger partial charge < -0.3 is 15.4 Å². The lowest BCUT2D eigenvalue weighted by molar-refractivity contribution is -0.136. The highest BCUT2D eigenvalue weighted by Crippen LogP contribution is 2.06. The molecule has 0 bridgehead atoms. The lowest BCUT2D eigenvalue weighted by Crippen LogP contribution is -2.04. The Morgan fingerprint density at radius 3 is 2.92 bits per heavy atom. The van der Waals surface area contributed by atoms with Crippen LogP contribution in [-0.2, 0) is 18.3 Å². The van der Waals surface area contributed by atoms with Crippen molar-refractivity contribution in [2.75, 3.05) is 5.73 Å². The van der Waals surface area contributed by atoms with E-state index in [2.05, 4.69) is 4.98 Å². The zero-order valence-electron chi connectivity index (χ0n) is 6.82. The number of anilines is 1. The summed E-state index contributed by atoms with van der Waals surface area (Å²) in [7, 11) is 1.76. The number of carbonyl (C=O) groups is 1. The SMILES string of the molecule is Cn1c(CCC(=O)O)cnc1N.